The summed E-state index contributed by atoms with van der Waals surface area (Å²) in [6.45, 7) is 6.95. The maximum atomic E-state index is 12.9. The van der Waals surface area contributed by atoms with Gasteiger partial charge in [-0.3, -0.25) is 4.79 Å². The van der Waals surface area contributed by atoms with Crippen molar-refractivity contribution in [1.29, 1.82) is 0 Å². The minimum atomic E-state index is -3.76. The molecular formula is C20H26ClN3O3S2. The highest BCUT2D eigenvalue weighted by molar-refractivity contribution is 7.91. The number of hydrogen-bond donors (Lipinski definition) is 1. The van der Waals surface area contributed by atoms with Gasteiger partial charge < -0.3 is 9.80 Å². The molecule has 2 aromatic rings. The average molecular weight is 456 g/mol. The van der Waals surface area contributed by atoms with Gasteiger partial charge in [-0.25, -0.2) is 8.42 Å². The molecule has 1 amide bonds. The number of likely N-dealkylation sites (tertiary alicyclic amines) is 2. The molecule has 1 N–H and O–H groups in total. The molecule has 3 heterocycles. The zero-order valence-electron chi connectivity index (χ0n) is 16.6. The molecule has 4 rings (SSSR count). The van der Waals surface area contributed by atoms with Gasteiger partial charge in [-0.15, -0.1) is 11.3 Å². The molecule has 0 saturated carbocycles. The number of piperidine rings is 1. The van der Waals surface area contributed by atoms with E-state index in [1.165, 1.54) is 11.3 Å². The quantitative estimate of drug-likeness (QED) is 0.750. The second-order valence-corrected chi connectivity index (χ2v) is 11.6. The van der Waals surface area contributed by atoms with Crippen LogP contribution in [-0.2, 0) is 14.8 Å². The third kappa shape index (κ3) is 4.32. The van der Waals surface area contributed by atoms with Gasteiger partial charge in [0.1, 0.15) is 10.3 Å². The zero-order valence-corrected chi connectivity index (χ0v) is 19.0. The van der Waals surface area contributed by atoms with Crippen molar-refractivity contribution in [2.45, 2.75) is 55.4 Å². The van der Waals surface area contributed by atoms with Crippen molar-refractivity contribution in [1.82, 2.24) is 14.5 Å². The third-order valence-electron chi connectivity index (χ3n) is 5.93. The van der Waals surface area contributed by atoms with Gasteiger partial charge in [-0.2, -0.15) is 4.72 Å². The van der Waals surface area contributed by atoms with Crippen LogP contribution in [0, 0.1) is 0 Å². The van der Waals surface area contributed by atoms with Crippen molar-refractivity contribution in [3.8, 4) is 0 Å². The van der Waals surface area contributed by atoms with Crippen molar-refractivity contribution in [2.75, 3.05) is 19.6 Å². The highest BCUT2D eigenvalue weighted by Gasteiger charge is 2.39. The number of rotatable bonds is 5. The lowest BCUT2D eigenvalue weighted by Gasteiger charge is -2.38. The molecule has 0 radical (unpaired) electrons. The molecule has 29 heavy (non-hydrogen) atoms. The Balaban J connectivity index is 1.43. The summed E-state index contributed by atoms with van der Waals surface area (Å²) in [5.41, 5.74) is 0. The first-order valence-corrected chi connectivity index (χ1v) is 12.7. The Kier molecular flexibility index (Phi) is 5.92. The first-order chi connectivity index (χ1) is 13.7. The summed E-state index contributed by atoms with van der Waals surface area (Å²) in [6.07, 6.45) is 2.40. The van der Waals surface area contributed by atoms with Gasteiger partial charge in [0.15, 0.2) is 0 Å². The molecule has 1 atom stereocenters. The monoisotopic (exact) mass is 455 g/mol. The molecule has 1 aromatic heterocycles. The van der Waals surface area contributed by atoms with Crippen LogP contribution in [0.1, 0.15) is 33.1 Å². The van der Waals surface area contributed by atoms with E-state index in [9.17, 15) is 13.2 Å². The summed E-state index contributed by atoms with van der Waals surface area (Å²) < 4.78 is 29.4. The molecule has 1 unspecified atom stereocenters. The molecule has 1 aromatic carbocycles. The number of hydrogen-bond acceptors (Lipinski definition) is 5. The minimum absolute atomic E-state index is 0.0965. The van der Waals surface area contributed by atoms with Gasteiger partial charge in [0.25, 0.3) is 10.0 Å². The number of carbonyl (C=O) groups excluding carboxylic acids is 1. The van der Waals surface area contributed by atoms with E-state index in [0.29, 0.717) is 24.0 Å². The van der Waals surface area contributed by atoms with Crippen LogP contribution in [0.25, 0.3) is 10.1 Å². The molecule has 0 spiro atoms. The first kappa shape index (κ1) is 21.1. The molecule has 0 aliphatic carbocycles. The Morgan fingerprint density at radius 2 is 1.86 bits per heavy atom. The number of carbonyl (C=O) groups is 1. The van der Waals surface area contributed by atoms with Crippen LogP contribution in [0.5, 0.6) is 0 Å². The minimum Gasteiger partial charge on any atom is -0.338 e. The smallest absolute Gasteiger partial charge is 0.250 e. The number of sulfonamides is 1. The van der Waals surface area contributed by atoms with Crippen molar-refractivity contribution in [3.05, 3.63) is 29.3 Å². The Morgan fingerprint density at radius 3 is 2.55 bits per heavy atom. The van der Waals surface area contributed by atoms with Gasteiger partial charge in [-0.05, 0) is 56.7 Å². The summed E-state index contributed by atoms with van der Waals surface area (Å²) in [4.78, 5) is 17.2. The van der Waals surface area contributed by atoms with Gasteiger partial charge >= 0.3 is 0 Å². The maximum Gasteiger partial charge on any atom is 0.250 e. The Hall–Kier alpha value is -1.19. The van der Waals surface area contributed by atoms with Gasteiger partial charge in [0.05, 0.1) is 0 Å². The van der Waals surface area contributed by atoms with E-state index in [1.54, 1.807) is 24.3 Å². The standard InChI is InChI=1S/C20H26ClN3O3S2/c1-13(2)23-8-5-16(6-9-23)24-10-7-17(20(24)25)22-29(26,27)19-11-14-3-4-15(21)12-18(14)28-19/h3-4,11-13,16-17,22H,5-10H2,1-2H3. The number of thiophene rings is 1. The fourth-order valence-electron chi connectivity index (χ4n) is 4.25. The van der Waals surface area contributed by atoms with E-state index in [2.05, 4.69) is 23.5 Å². The van der Waals surface area contributed by atoms with Crippen LogP contribution in [0.15, 0.2) is 28.5 Å². The van der Waals surface area contributed by atoms with Crippen LogP contribution in [0.2, 0.25) is 5.02 Å². The number of amides is 1. The lowest BCUT2D eigenvalue weighted by atomic mass is 10.0. The third-order valence-corrected chi connectivity index (χ3v) is 9.21. The maximum absolute atomic E-state index is 12.9. The molecule has 2 aliphatic heterocycles. The van der Waals surface area contributed by atoms with E-state index in [0.717, 1.165) is 36.0 Å². The van der Waals surface area contributed by atoms with Crippen molar-refractivity contribution in [2.24, 2.45) is 0 Å². The summed E-state index contributed by atoms with van der Waals surface area (Å²) in [7, 11) is -3.76. The lowest BCUT2D eigenvalue weighted by Crippen LogP contribution is -2.49. The van der Waals surface area contributed by atoms with E-state index < -0.39 is 16.1 Å². The predicted octanol–water partition coefficient (Wildman–Crippen LogP) is 3.31. The second-order valence-electron chi connectivity index (χ2n) is 8.10. The number of benzene rings is 1. The summed E-state index contributed by atoms with van der Waals surface area (Å²) in [5, 5.41) is 1.40. The Bertz CT molecular complexity index is 1010. The Labute approximate surface area is 180 Å². The van der Waals surface area contributed by atoms with E-state index in [-0.39, 0.29) is 16.2 Å². The summed E-state index contributed by atoms with van der Waals surface area (Å²) in [6, 6.07) is 6.98. The van der Waals surface area contributed by atoms with E-state index in [1.807, 2.05) is 4.90 Å². The van der Waals surface area contributed by atoms with Crippen LogP contribution in [0.3, 0.4) is 0 Å². The van der Waals surface area contributed by atoms with E-state index in [4.69, 9.17) is 11.6 Å². The largest absolute Gasteiger partial charge is 0.338 e. The molecule has 9 heteroatoms. The summed E-state index contributed by atoms with van der Waals surface area (Å²) >= 11 is 7.17. The van der Waals surface area contributed by atoms with Crippen molar-refractivity contribution in [3.63, 3.8) is 0 Å². The highest BCUT2D eigenvalue weighted by Crippen LogP contribution is 2.32. The predicted molar refractivity (Wildman–Crippen MR) is 117 cm³/mol. The molecule has 0 bridgehead atoms. The molecule has 2 saturated heterocycles. The normalized spacial score (nSPS) is 22.3. The fraction of sp³-hybridized carbons (Fsp3) is 0.550. The fourth-order valence-corrected chi connectivity index (χ4v) is 7.16. The van der Waals surface area contributed by atoms with Crippen LogP contribution in [0.4, 0.5) is 0 Å². The second kappa shape index (κ2) is 8.15. The zero-order chi connectivity index (χ0) is 20.8. The lowest BCUT2D eigenvalue weighted by molar-refractivity contribution is -0.131. The number of nitrogens with zero attached hydrogens (tertiary/aromatic N) is 2. The summed E-state index contributed by atoms with van der Waals surface area (Å²) in [5.74, 6) is -0.0965. The number of halogens is 1. The van der Waals surface area contributed by atoms with Crippen LogP contribution >= 0.6 is 22.9 Å². The number of nitrogens with one attached hydrogen (secondary N) is 1. The van der Waals surface area contributed by atoms with Crippen molar-refractivity contribution < 1.29 is 13.2 Å². The van der Waals surface area contributed by atoms with Gasteiger partial charge in [0, 0.05) is 41.4 Å². The number of fused-ring (bicyclic) bond motifs is 1. The highest BCUT2D eigenvalue weighted by atomic mass is 35.5. The molecule has 2 aliphatic rings. The molecular weight excluding hydrogens is 430 g/mol. The van der Waals surface area contributed by atoms with Crippen LogP contribution in [-0.4, -0.2) is 61.9 Å². The van der Waals surface area contributed by atoms with Crippen molar-refractivity contribution >= 4 is 49.0 Å². The SMILES string of the molecule is CC(C)N1CCC(N2CCC(NS(=O)(=O)c3cc4ccc(Cl)cc4s3)C2=O)CC1. The molecule has 2 fully saturated rings. The Morgan fingerprint density at radius 1 is 1.14 bits per heavy atom. The van der Waals surface area contributed by atoms with Crippen LogP contribution < -0.4 is 4.72 Å². The van der Waals surface area contributed by atoms with Gasteiger partial charge in [0.2, 0.25) is 5.91 Å². The van der Waals surface area contributed by atoms with E-state index >= 15 is 0 Å². The molecule has 6 nitrogen and oxygen atoms in total. The van der Waals surface area contributed by atoms with Gasteiger partial charge in [-0.1, -0.05) is 17.7 Å². The molecule has 158 valence electrons. The average Bonchev–Trinajstić information content (AvgIpc) is 3.26. The topological polar surface area (TPSA) is 69.7 Å². The first-order valence-electron chi connectivity index (χ1n) is 10.0.